The SMILES string of the molecule is COc1cc2c(cc1OC)-c1c(C)c(NCC3CCCCO3)cc(=O)n1CC2. The van der Waals surface area contributed by atoms with Crippen LogP contribution in [0.4, 0.5) is 5.69 Å². The monoisotopic (exact) mass is 384 g/mol. The summed E-state index contributed by atoms with van der Waals surface area (Å²) in [7, 11) is 3.28. The molecule has 2 aromatic rings. The van der Waals surface area contributed by atoms with Gasteiger partial charge in [-0.05, 0) is 55.9 Å². The maximum Gasteiger partial charge on any atom is 0.253 e. The van der Waals surface area contributed by atoms with Gasteiger partial charge in [0.2, 0.25) is 0 Å². The number of aromatic nitrogens is 1. The van der Waals surface area contributed by atoms with Gasteiger partial charge in [0, 0.05) is 37.0 Å². The molecule has 0 aliphatic carbocycles. The van der Waals surface area contributed by atoms with Crippen molar-refractivity contribution in [2.24, 2.45) is 0 Å². The summed E-state index contributed by atoms with van der Waals surface area (Å²) in [6, 6.07) is 5.73. The summed E-state index contributed by atoms with van der Waals surface area (Å²) < 4.78 is 18.6. The Labute approximate surface area is 165 Å². The fraction of sp³-hybridized carbons (Fsp3) is 0.500. The van der Waals surface area contributed by atoms with E-state index in [1.165, 1.54) is 12.0 Å². The van der Waals surface area contributed by atoms with E-state index in [9.17, 15) is 4.79 Å². The summed E-state index contributed by atoms with van der Waals surface area (Å²) in [5, 5.41) is 3.46. The van der Waals surface area contributed by atoms with E-state index in [0.717, 1.165) is 60.7 Å². The van der Waals surface area contributed by atoms with Gasteiger partial charge in [0.25, 0.3) is 5.56 Å². The maximum absolute atomic E-state index is 12.8. The normalized spacial score (nSPS) is 18.2. The number of ether oxygens (including phenoxy) is 3. The third kappa shape index (κ3) is 3.37. The number of pyridine rings is 1. The number of aryl methyl sites for hydroxylation is 1. The molecule has 6 heteroatoms. The van der Waals surface area contributed by atoms with E-state index in [4.69, 9.17) is 14.2 Å². The van der Waals surface area contributed by atoms with Gasteiger partial charge in [-0.1, -0.05) is 0 Å². The Morgan fingerprint density at radius 2 is 1.96 bits per heavy atom. The van der Waals surface area contributed by atoms with Gasteiger partial charge >= 0.3 is 0 Å². The van der Waals surface area contributed by atoms with Gasteiger partial charge < -0.3 is 24.1 Å². The molecular formula is C22H28N2O4. The van der Waals surface area contributed by atoms with Crippen molar-refractivity contribution in [2.75, 3.05) is 32.7 Å². The van der Waals surface area contributed by atoms with Crippen molar-refractivity contribution in [1.29, 1.82) is 0 Å². The topological polar surface area (TPSA) is 61.7 Å². The molecule has 1 atom stereocenters. The third-order valence-corrected chi connectivity index (χ3v) is 5.83. The van der Waals surface area contributed by atoms with Crippen LogP contribution in [0.1, 0.15) is 30.4 Å². The summed E-state index contributed by atoms with van der Waals surface area (Å²) in [6.07, 6.45) is 4.41. The van der Waals surface area contributed by atoms with Gasteiger partial charge in [-0.15, -0.1) is 0 Å². The number of nitrogens with zero attached hydrogens (tertiary/aromatic N) is 1. The molecule has 6 nitrogen and oxygen atoms in total. The molecule has 1 fully saturated rings. The summed E-state index contributed by atoms with van der Waals surface area (Å²) >= 11 is 0. The quantitative estimate of drug-likeness (QED) is 0.856. The number of methoxy groups -OCH3 is 2. The molecule has 0 amide bonds. The van der Waals surface area contributed by atoms with Crippen LogP contribution in [0.2, 0.25) is 0 Å². The molecular weight excluding hydrogens is 356 g/mol. The van der Waals surface area contributed by atoms with Crippen molar-refractivity contribution in [3.05, 3.63) is 39.7 Å². The first-order chi connectivity index (χ1) is 13.6. The number of benzene rings is 1. The first-order valence-corrected chi connectivity index (χ1v) is 9.97. The van der Waals surface area contributed by atoms with Crippen LogP contribution in [0.3, 0.4) is 0 Å². The smallest absolute Gasteiger partial charge is 0.253 e. The Morgan fingerprint density at radius 1 is 1.18 bits per heavy atom. The second kappa shape index (κ2) is 7.87. The molecule has 0 spiro atoms. The van der Waals surface area contributed by atoms with Crippen molar-refractivity contribution in [3.63, 3.8) is 0 Å². The molecule has 4 rings (SSSR count). The Morgan fingerprint density at radius 3 is 2.68 bits per heavy atom. The molecule has 0 bridgehead atoms. The highest BCUT2D eigenvalue weighted by atomic mass is 16.5. The molecule has 1 aromatic carbocycles. The zero-order valence-corrected chi connectivity index (χ0v) is 16.8. The minimum Gasteiger partial charge on any atom is -0.493 e. The van der Waals surface area contributed by atoms with Crippen LogP contribution < -0.4 is 20.3 Å². The Balaban J connectivity index is 1.73. The van der Waals surface area contributed by atoms with E-state index in [1.54, 1.807) is 20.3 Å². The molecule has 2 aliphatic rings. The molecule has 1 saturated heterocycles. The van der Waals surface area contributed by atoms with Crippen LogP contribution in [-0.2, 0) is 17.7 Å². The van der Waals surface area contributed by atoms with E-state index >= 15 is 0 Å². The Hall–Kier alpha value is -2.47. The van der Waals surface area contributed by atoms with Crippen LogP contribution in [0, 0.1) is 6.92 Å². The number of nitrogens with one attached hydrogen (secondary N) is 1. The van der Waals surface area contributed by atoms with Crippen molar-refractivity contribution >= 4 is 5.69 Å². The van der Waals surface area contributed by atoms with Gasteiger partial charge in [0.1, 0.15) is 0 Å². The van der Waals surface area contributed by atoms with Crippen LogP contribution >= 0.6 is 0 Å². The second-order valence-corrected chi connectivity index (χ2v) is 7.51. The number of anilines is 1. The Bertz CT molecular complexity index is 929. The van der Waals surface area contributed by atoms with Gasteiger partial charge in [0.15, 0.2) is 11.5 Å². The fourth-order valence-electron chi connectivity index (χ4n) is 4.28. The lowest BCUT2D eigenvalue weighted by molar-refractivity contribution is 0.0247. The highest BCUT2D eigenvalue weighted by molar-refractivity contribution is 5.76. The lowest BCUT2D eigenvalue weighted by Gasteiger charge is -2.27. The average Bonchev–Trinajstić information content (AvgIpc) is 2.74. The average molecular weight is 384 g/mol. The van der Waals surface area contributed by atoms with E-state index in [0.29, 0.717) is 12.3 Å². The minimum atomic E-state index is 0.0214. The standard InChI is InChI=1S/C22H28N2O4/c1-14-18(23-13-16-6-4-5-9-28-16)12-21(25)24-8-7-15-10-19(26-2)20(27-3)11-17(15)22(14)24/h10-12,16,23H,4-9,13H2,1-3H3. The fourth-order valence-corrected chi connectivity index (χ4v) is 4.28. The van der Waals surface area contributed by atoms with Gasteiger partial charge in [0.05, 0.1) is 26.0 Å². The molecule has 0 saturated carbocycles. The van der Waals surface area contributed by atoms with E-state index in [2.05, 4.69) is 12.2 Å². The van der Waals surface area contributed by atoms with Gasteiger partial charge in [-0.3, -0.25) is 4.79 Å². The van der Waals surface area contributed by atoms with E-state index in [1.807, 2.05) is 16.7 Å². The first-order valence-electron chi connectivity index (χ1n) is 9.97. The van der Waals surface area contributed by atoms with Gasteiger partial charge in [-0.2, -0.15) is 0 Å². The van der Waals surface area contributed by atoms with Crippen LogP contribution in [0.5, 0.6) is 11.5 Å². The predicted octanol–water partition coefficient (Wildman–Crippen LogP) is 3.38. The van der Waals surface area contributed by atoms with Crippen LogP contribution in [0.15, 0.2) is 23.0 Å². The predicted molar refractivity (Wildman–Crippen MR) is 110 cm³/mol. The number of rotatable bonds is 5. The Kier molecular flexibility index (Phi) is 5.31. The van der Waals surface area contributed by atoms with Crippen molar-refractivity contribution in [1.82, 2.24) is 4.57 Å². The molecule has 28 heavy (non-hydrogen) atoms. The largest absolute Gasteiger partial charge is 0.493 e. The van der Waals surface area contributed by atoms with Crippen molar-refractivity contribution in [3.8, 4) is 22.8 Å². The summed E-state index contributed by atoms with van der Waals surface area (Å²) in [5.74, 6) is 1.40. The zero-order valence-electron chi connectivity index (χ0n) is 16.8. The molecule has 150 valence electrons. The summed E-state index contributed by atoms with van der Waals surface area (Å²) in [5.41, 5.74) is 5.15. The molecule has 3 heterocycles. The highest BCUT2D eigenvalue weighted by Crippen LogP contribution is 2.40. The second-order valence-electron chi connectivity index (χ2n) is 7.51. The highest BCUT2D eigenvalue weighted by Gasteiger charge is 2.24. The molecule has 0 radical (unpaired) electrons. The lowest BCUT2D eigenvalue weighted by Crippen LogP contribution is -2.30. The number of fused-ring (bicyclic) bond motifs is 3. The van der Waals surface area contributed by atoms with Gasteiger partial charge in [-0.25, -0.2) is 0 Å². The maximum atomic E-state index is 12.8. The number of hydrogen-bond acceptors (Lipinski definition) is 5. The third-order valence-electron chi connectivity index (χ3n) is 5.83. The van der Waals surface area contributed by atoms with Crippen molar-refractivity contribution in [2.45, 2.75) is 45.3 Å². The van der Waals surface area contributed by atoms with E-state index < -0.39 is 0 Å². The van der Waals surface area contributed by atoms with Crippen molar-refractivity contribution < 1.29 is 14.2 Å². The van der Waals surface area contributed by atoms with Crippen LogP contribution in [-0.4, -0.2) is 38.0 Å². The molecule has 1 N–H and O–H groups in total. The molecule has 2 aliphatic heterocycles. The summed E-state index contributed by atoms with van der Waals surface area (Å²) in [4.78, 5) is 12.8. The molecule has 1 aromatic heterocycles. The zero-order chi connectivity index (χ0) is 19.7. The number of hydrogen-bond donors (Lipinski definition) is 1. The van der Waals surface area contributed by atoms with Crippen LogP contribution in [0.25, 0.3) is 11.3 Å². The first kappa shape index (κ1) is 18.9. The van der Waals surface area contributed by atoms with E-state index in [-0.39, 0.29) is 11.7 Å². The lowest BCUT2D eigenvalue weighted by atomic mass is 9.93. The minimum absolute atomic E-state index is 0.0214. The molecule has 1 unspecified atom stereocenters. The summed E-state index contributed by atoms with van der Waals surface area (Å²) in [6.45, 7) is 4.29.